The summed E-state index contributed by atoms with van der Waals surface area (Å²) in [6.45, 7) is -0.501. The Morgan fingerprint density at radius 3 is 2.25 bits per heavy atom. The zero-order valence-corrected chi connectivity index (χ0v) is 10.1. The zero-order valence-electron chi connectivity index (χ0n) is 7.81. The molecule has 94 valence electrons. The van der Waals surface area contributed by atoms with E-state index < -0.39 is 40.9 Å². The largest absolute Gasteiger partial charge is 0.445 e. The van der Waals surface area contributed by atoms with Crippen molar-refractivity contribution >= 4 is 40.7 Å². The van der Waals surface area contributed by atoms with Crippen LogP contribution in [-0.4, -0.2) is 56.2 Å². The lowest BCUT2D eigenvalue weighted by molar-refractivity contribution is -0.124. The van der Waals surface area contributed by atoms with Gasteiger partial charge in [-0.25, -0.2) is 0 Å². The normalized spacial score (nSPS) is 35.1. The van der Waals surface area contributed by atoms with Crippen molar-refractivity contribution in [2.45, 2.75) is 28.4 Å². The first-order chi connectivity index (χ1) is 7.27. The molecule has 1 aliphatic heterocycles. The van der Waals surface area contributed by atoms with Crippen molar-refractivity contribution in [2.75, 3.05) is 6.61 Å². The van der Waals surface area contributed by atoms with Gasteiger partial charge in [0.1, 0.15) is 18.3 Å². The van der Waals surface area contributed by atoms with E-state index in [-0.39, 0.29) is 0 Å². The molecule has 0 amide bonds. The summed E-state index contributed by atoms with van der Waals surface area (Å²) >= 11 is 16.0. The lowest BCUT2D eigenvalue weighted by atomic mass is 10.1. The molecule has 0 spiro atoms. The van der Waals surface area contributed by atoms with E-state index in [4.69, 9.17) is 54.8 Å². The number of aliphatic hydroxyl groups excluding tert-OH is 3. The summed E-state index contributed by atoms with van der Waals surface area (Å²) in [5.74, 6) is -0.743. The molecule has 1 heterocycles. The number of alkyl halides is 3. The van der Waals surface area contributed by atoms with Gasteiger partial charge in [-0.1, -0.05) is 34.8 Å². The molecule has 0 aromatic heterocycles. The molecule has 1 saturated heterocycles. The van der Waals surface area contributed by atoms with E-state index in [1.165, 1.54) is 0 Å². The maximum atomic E-state index is 9.44. The summed E-state index contributed by atoms with van der Waals surface area (Å²) in [6, 6.07) is 0. The van der Waals surface area contributed by atoms with Crippen molar-refractivity contribution in [1.29, 1.82) is 5.41 Å². The third-order valence-electron chi connectivity index (χ3n) is 1.99. The summed E-state index contributed by atoms with van der Waals surface area (Å²) in [7, 11) is 0. The molecule has 1 aliphatic rings. The summed E-state index contributed by atoms with van der Waals surface area (Å²) in [5.41, 5.74) is 0. The molecule has 0 bridgehead atoms. The monoisotopic (exact) mass is 293 g/mol. The Balaban J connectivity index is 2.60. The number of aliphatic hydroxyl groups is 3. The first kappa shape index (κ1) is 14.2. The number of hydrogen-bond donors (Lipinski definition) is 4. The van der Waals surface area contributed by atoms with E-state index in [2.05, 4.69) is 0 Å². The molecule has 6 nitrogen and oxygen atoms in total. The predicted molar refractivity (Wildman–Crippen MR) is 56.9 cm³/mol. The summed E-state index contributed by atoms with van der Waals surface area (Å²) in [6.07, 6.45) is -5.10. The Morgan fingerprint density at radius 1 is 1.31 bits per heavy atom. The van der Waals surface area contributed by atoms with Crippen LogP contribution in [-0.2, 0) is 9.47 Å². The van der Waals surface area contributed by atoms with Crippen LogP contribution in [0, 0.1) is 5.41 Å². The van der Waals surface area contributed by atoms with Gasteiger partial charge in [0.15, 0.2) is 0 Å². The van der Waals surface area contributed by atoms with Gasteiger partial charge in [0.2, 0.25) is 12.2 Å². The van der Waals surface area contributed by atoms with E-state index in [1.807, 2.05) is 0 Å². The van der Waals surface area contributed by atoms with Gasteiger partial charge in [-0.05, 0) is 0 Å². The Bertz CT molecular complexity index is 271. The molecule has 1 fully saturated rings. The lowest BCUT2D eigenvalue weighted by Gasteiger charge is -2.20. The number of rotatable bonds is 2. The molecule has 16 heavy (non-hydrogen) atoms. The van der Waals surface area contributed by atoms with E-state index in [1.54, 1.807) is 0 Å². The van der Waals surface area contributed by atoms with Crippen LogP contribution in [0.25, 0.3) is 0 Å². The minimum Gasteiger partial charge on any atom is -0.445 e. The highest BCUT2D eigenvalue weighted by Crippen LogP contribution is 2.30. The van der Waals surface area contributed by atoms with Crippen LogP contribution < -0.4 is 0 Å². The molecule has 0 aliphatic carbocycles. The van der Waals surface area contributed by atoms with E-state index in [0.717, 1.165) is 0 Å². The zero-order chi connectivity index (χ0) is 12.5. The van der Waals surface area contributed by atoms with Gasteiger partial charge in [0, 0.05) is 0 Å². The SMILES string of the molecule is N=C(OC1O[C@H](CO)[C@@H](O)[C@@H]1O)C(Cl)(Cl)Cl. The van der Waals surface area contributed by atoms with Gasteiger partial charge >= 0.3 is 0 Å². The molecular weight excluding hydrogens is 284 g/mol. The van der Waals surface area contributed by atoms with Gasteiger partial charge in [-0.2, -0.15) is 0 Å². The predicted octanol–water partition coefficient (Wildman–Crippen LogP) is -0.211. The first-order valence-electron chi connectivity index (χ1n) is 4.22. The highest BCUT2D eigenvalue weighted by molar-refractivity contribution is 6.76. The molecule has 0 saturated carbocycles. The second-order valence-corrected chi connectivity index (χ2v) is 5.43. The minimum absolute atomic E-state index is 0.501. The molecule has 1 unspecified atom stereocenters. The number of ether oxygens (including phenoxy) is 2. The standard InChI is InChI=1S/C7H10Cl3NO5/c8-7(9,10)6(11)16-5-4(14)3(13)2(1-12)15-5/h2-5,11-14H,1H2/t2-,3-,4+,5?/m1/s1. The molecule has 4 atom stereocenters. The summed E-state index contributed by atoms with van der Waals surface area (Å²) in [4.78, 5) is 0. The number of nitrogens with one attached hydrogen (secondary N) is 1. The van der Waals surface area contributed by atoms with Crippen molar-refractivity contribution in [3.8, 4) is 0 Å². The van der Waals surface area contributed by atoms with Crippen molar-refractivity contribution in [1.82, 2.24) is 0 Å². The molecular formula is C7H10Cl3NO5. The van der Waals surface area contributed by atoms with Crippen LogP contribution >= 0.6 is 34.8 Å². The van der Waals surface area contributed by atoms with Crippen molar-refractivity contribution in [2.24, 2.45) is 0 Å². The third-order valence-corrected chi connectivity index (χ3v) is 2.50. The fourth-order valence-electron chi connectivity index (χ4n) is 1.15. The molecule has 0 aromatic rings. The highest BCUT2D eigenvalue weighted by Gasteiger charge is 2.45. The van der Waals surface area contributed by atoms with Crippen LogP contribution in [0.5, 0.6) is 0 Å². The second-order valence-electron chi connectivity index (χ2n) is 3.15. The van der Waals surface area contributed by atoms with Crippen molar-refractivity contribution < 1.29 is 24.8 Å². The van der Waals surface area contributed by atoms with Gasteiger partial charge < -0.3 is 24.8 Å². The van der Waals surface area contributed by atoms with Crippen LogP contribution in [0.15, 0.2) is 0 Å². The van der Waals surface area contributed by atoms with Crippen LogP contribution in [0.1, 0.15) is 0 Å². The van der Waals surface area contributed by atoms with Crippen LogP contribution in [0.2, 0.25) is 0 Å². The second kappa shape index (κ2) is 5.22. The van der Waals surface area contributed by atoms with Gasteiger partial charge in [0.05, 0.1) is 6.61 Å². The fraction of sp³-hybridized carbons (Fsp3) is 0.857. The molecule has 0 aromatic carbocycles. The summed E-state index contributed by atoms with van der Waals surface area (Å²) in [5, 5.41) is 34.8. The van der Waals surface area contributed by atoms with E-state index in [9.17, 15) is 10.2 Å². The Labute approximate surface area is 106 Å². The summed E-state index contributed by atoms with van der Waals surface area (Å²) < 4.78 is 7.57. The van der Waals surface area contributed by atoms with E-state index in [0.29, 0.717) is 0 Å². The van der Waals surface area contributed by atoms with E-state index >= 15 is 0 Å². The highest BCUT2D eigenvalue weighted by atomic mass is 35.6. The van der Waals surface area contributed by atoms with Crippen molar-refractivity contribution in [3.63, 3.8) is 0 Å². The molecule has 0 radical (unpaired) electrons. The minimum atomic E-state index is -2.08. The smallest absolute Gasteiger partial charge is 0.265 e. The Hall–Kier alpha value is 0.180. The number of halogens is 3. The average molecular weight is 295 g/mol. The fourth-order valence-corrected chi connectivity index (χ4v) is 1.28. The first-order valence-corrected chi connectivity index (χ1v) is 5.35. The van der Waals surface area contributed by atoms with Crippen molar-refractivity contribution in [3.05, 3.63) is 0 Å². The maximum absolute atomic E-state index is 9.44. The molecule has 1 rings (SSSR count). The Morgan fingerprint density at radius 2 is 1.88 bits per heavy atom. The maximum Gasteiger partial charge on any atom is 0.265 e. The average Bonchev–Trinajstić information content (AvgIpc) is 2.44. The third kappa shape index (κ3) is 3.10. The Kier molecular flexibility index (Phi) is 4.65. The molecule has 4 N–H and O–H groups in total. The van der Waals surface area contributed by atoms with Crippen LogP contribution in [0.4, 0.5) is 0 Å². The van der Waals surface area contributed by atoms with Crippen LogP contribution in [0.3, 0.4) is 0 Å². The lowest BCUT2D eigenvalue weighted by Crippen LogP contribution is -2.37. The van der Waals surface area contributed by atoms with Gasteiger partial charge in [-0.3, -0.25) is 5.41 Å². The van der Waals surface area contributed by atoms with Gasteiger partial charge in [-0.15, -0.1) is 0 Å². The topological polar surface area (TPSA) is 103 Å². The van der Waals surface area contributed by atoms with Gasteiger partial charge in [0.25, 0.3) is 3.79 Å². The quantitative estimate of drug-likeness (QED) is 0.321. The number of hydrogen-bond acceptors (Lipinski definition) is 6. The molecule has 9 heteroatoms.